The number of nitrogen functional groups attached to an aromatic ring is 1. The van der Waals surface area contributed by atoms with Gasteiger partial charge in [0, 0.05) is 65.8 Å². The molecule has 4 saturated heterocycles. The highest BCUT2D eigenvalue weighted by Crippen LogP contribution is 2.32. The number of aliphatic hydroxyl groups excluding tert-OH is 1. The third-order valence-electron chi connectivity index (χ3n) is 18.5. The molecule has 1 aromatic rings. The Labute approximate surface area is 556 Å². The van der Waals surface area contributed by atoms with Crippen molar-refractivity contribution >= 4 is 70.9 Å². The van der Waals surface area contributed by atoms with Gasteiger partial charge in [0.2, 0.25) is 53.2 Å². The van der Waals surface area contributed by atoms with Crippen LogP contribution in [0.15, 0.2) is 24.5 Å². The van der Waals surface area contributed by atoms with Crippen LogP contribution in [0, 0.1) is 41.4 Å². The second-order valence-electron chi connectivity index (χ2n) is 28.1. The molecule has 27 nitrogen and oxygen atoms in total. The van der Waals surface area contributed by atoms with E-state index in [1.54, 1.807) is 46.8 Å². The van der Waals surface area contributed by atoms with Crippen LogP contribution in [0.5, 0.6) is 0 Å². The molecular weight excluding hydrogens is 1210 g/mol. The molecule has 0 radical (unpaired) electrons. The molecule has 27 heteroatoms. The van der Waals surface area contributed by atoms with E-state index in [2.05, 4.69) is 20.9 Å². The number of hydrazine groups is 1. The SMILES string of the molecule is CCC1CC(C(=O)N(C)C2C(=O)NC(CC(C)C)C(=O)N3CC(C)CC3C(=O)NC(CCC(C)C)C(=O)N(C)C(C(C)C)C(=O)N3CCCC3C(=O)N(C)C(CC(C)C)C(=O)NCC(=O)OC2C)N(C(=O)C(C(C)C)N(C)C(=O)C(O)CC)C1.NNC(=O)c1ccncc1. The number of nitrogens with zero attached hydrogens (tertiary/aromatic N) is 8. The minimum Gasteiger partial charge on any atom is -0.459 e. The Kier molecular flexibility index (Phi) is 30.3. The maximum atomic E-state index is 15.3. The summed E-state index contributed by atoms with van der Waals surface area (Å²) in [5.74, 6) is -4.03. The smallest absolute Gasteiger partial charge is 0.325 e. The number of ether oxygens (including phenoxy) is 1. The van der Waals surface area contributed by atoms with Gasteiger partial charge in [-0.3, -0.25) is 67.9 Å². The Balaban J connectivity index is 0.00000171. The average Bonchev–Trinajstić information content (AvgIpc) is 1.50. The molecule has 0 spiro atoms. The van der Waals surface area contributed by atoms with Gasteiger partial charge >= 0.3 is 5.97 Å². The molecule has 0 aromatic carbocycles. The summed E-state index contributed by atoms with van der Waals surface area (Å²) in [4.78, 5) is 185. The molecule has 94 heavy (non-hydrogen) atoms. The van der Waals surface area contributed by atoms with Crippen LogP contribution in [0.25, 0.3) is 0 Å². The van der Waals surface area contributed by atoms with E-state index in [0.29, 0.717) is 31.2 Å². The largest absolute Gasteiger partial charge is 0.459 e. The number of fused-ring (bicyclic) bond motifs is 2. The lowest BCUT2D eigenvalue weighted by molar-refractivity contribution is -0.161. The van der Waals surface area contributed by atoms with Crippen LogP contribution in [0.3, 0.4) is 0 Å². The molecule has 4 aliphatic rings. The van der Waals surface area contributed by atoms with Crippen LogP contribution < -0.4 is 27.2 Å². The number of carbonyl (C=O) groups excluding carboxylic acids is 12. The fourth-order valence-corrected chi connectivity index (χ4v) is 13.3. The van der Waals surface area contributed by atoms with Crippen LogP contribution in [0.2, 0.25) is 0 Å². The molecule has 13 unspecified atom stereocenters. The minimum atomic E-state index is -1.66. The number of nitrogens with two attached hydrogens (primary N) is 1. The van der Waals surface area contributed by atoms with Crippen molar-refractivity contribution in [2.75, 3.05) is 54.4 Å². The van der Waals surface area contributed by atoms with E-state index >= 15 is 14.4 Å². The van der Waals surface area contributed by atoms with Crippen LogP contribution in [0.4, 0.5) is 0 Å². The number of likely N-dealkylation sites (tertiary alicyclic amines) is 1. The molecule has 4 fully saturated rings. The molecule has 7 N–H and O–H groups in total. The van der Waals surface area contributed by atoms with E-state index in [1.807, 2.05) is 60.8 Å². The number of pyridine rings is 1. The number of rotatable bonds is 17. The second-order valence-corrected chi connectivity index (χ2v) is 28.1. The van der Waals surface area contributed by atoms with E-state index in [4.69, 9.17) is 10.6 Å². The number of cyclic esters (lactones) is 1. The lowest BCUT2D eigenvalue weighted by Crippen LogP contribution is -2.62. The fraction of sp³-hybridized carbons (Fsp3) is 0.746. The van der Waals surface area contributed by atoms with E-state index in [-0.39, 0.29) is 93.7 Å². The maximum Gasteiger partial charge on any atom is 0.325 e. The number of hydrogen-bond donors (Lipinski definition) is 6. The van der Waals surface area contributed by atoms with E-state index in [1.165, 1.54) is 76.9 Å². The quantitative estimate of drug-likeness (QED) is 0.0565. The molecule has 0 bridgehead atoms. The predicted octanol–water partition coefficient (Wildman–Crippen LogP) is 2.48. The molecule has 5 rings (SSSR count). The van der Waals surface area contributed by atoms with E-state index < -0.39 is 150 Å². The Hall–Kier alpha value is -7.29. The molecule has 0 saturated carbocycles. The topological polar surface area (TPSA) is 344 Å². The molecule has 13 atom stereocenters. The maximum absolute atomic E-state index is 15.3. The third-order valence-corrected chi connectivity index (χ3v) is 18.5. The number of amides is 11. The van der Waals surface area contributed by atoms with Crippen LogP contribution in [0.1, 0.15) is 171 Å². The zero-order valence-electron chi connectivity index (χ0n) is 59.0. The zero-order valence-corrected chi connectivity index (χ0v) is 59.0. The van der Waals surface area contributed by atoms with Gasteiger partial charge in [-0.2, -0.15) is 0 Å². The van der Waals surface area contributed by atoms with Crippen molar-refractivity contribution < 1.29 is 67.4 Å². The molecule has 11 amide bonds. The van der Waals surface area contributed by atoms with Gasteiger partial charge in [-0.25, -0.2) is 5.84 Å². The molecule has 5 heterocycles. The summed E-state index contributed by atoms with van der Waals surface area (Å²) in [5.41, 5.74) is 2.53. The average molecular weight is 1320 g/mol. The summed E-state index contributed by atoms with van der Waals surface area (Å²) in [5, 5.41) is 19.0. The molecule has 0 aliphatic carbocycles. The van der Waals surface area contributed by atoms with Gasteiger partial charge in [0.05, 0.1) is 0 Å². The molecule has 1 aromatic heterocycles. The van der Waals surface area contributed by atoms with Gasteiger partial charge in [-0.05, 0) is 118 Å². The highest BCUT2D eigenvalue weighted by Gasteiger charge is 2.50. The van der Waals surface area contributed by atoms with Gasteiger partial charge in [0.15, 0.2) is 0 Å². The number of nitrogens with one attached hydrogen (secondary N) is 4. The number of likely N-dealkylation sites (N-methyl/N-ethyl adjacent to an activating group) is 4. The van der Waals surface area contributed by atoms with Gasteiger partial charge in [-0.15, -0.1) is 0 Å². The summed E-state index contributed by atoms with van der Waals surface area (Å²) >= 11 is 0. The van der Waals surface area contributed by atoms with Crippen molar-refractivity contribution in [2.45, 2.75) is 228 Å². The molecule has 4 aliphatic heterocycles. The van der Waals surface area contributed by atoms with Crippen molar-refractivity contribution in [3.8, 4) is 0 Å². The Bertz CT molecular complexity index is 2800. The standard InChI is InChI=1S/C61H104N10O13.C6H7N3O/c1-19-40-29-46(71(32-40)61(83)50(37(11)12)67(17)59(81)47(72)20-2)58(80)68(18)51-39(14)84-48(73)30-62-52(74)44(27-35(7)8)65(15)57(79)43-22-21-25-69(43)60(82)49(36(9)10)66(16)55(77)41(24-23-33(3)4)63-53(75)45-28-38(13)31-70(45)56(78)42(26-34(5)6)64-54(51)76;7-9-6(10)5-1-3-8-4-2-5/h33-47,49-51,72H,19-32H2,1-18H3,(H,62,74)(H,63,75)(H,64,76);1-4H,7H2,(H,9,10). The summed E-state index contributed by atoms with van der Waals surface area (Å²) < 4.78 is 5.95. The first kappa shape index (κ1) is 79.1. The highest BCUT2D eigenvalue weighted by molar-refractivity contribution is 6.00. The van der Waals surface area contributed by atoms with Crippen LogP contribution in [-0.2, 0) is 57.5 Å². The second kappa shape index (κ2) is 36.0. The summed E-state index contributed by atoms with van der Waals surface area (Å²) in [6.07, 6.45) is 3.09. The van der Waals surface area contributed by atoms with Crippen LogP contribution in [-0.4, -0.2) is 236 Å². The van der Waals surface area contributed by atoms with Gasteiger partial charge < -0.3 is 60.1 Å². The third kappa shape index (κ3) is 20.4. The highest BCUT2D eigenvalue weighted by atomic mass is 16.5. The minimum absolute atomic E-state index is 0.0737. The first-order valence-electron chi connectivity index (χ1n) is 33.7. The van der Waals surface area contributed by atoms with Gasteiger partial charge in [0.25, 0.3) is 11.8 Å². The summed E-state index contributed by atoms with van der Waals surface area (Å²) in [6.45, 7) is 25.1. The van der Waals surface area contributed by atoms with Gasteiger partial charge in [0.1, 0.15) is 73.1 Å². The molecular formula is C67H111N13O14. The monoisotopic (exact) mass is 1320 g/mol. The molecule has 528 valence electrons. The first-order valence-corrected chi connectivity index (χ1v) is 33.7. The van der Waals surface area contributed by atoms with Gasteiger partial charge in [-0.1, -0.05) is 96.4 Å². The van der Waals surface area contributed by atoms with Crippen molar-refractivity contribution in [3.05, 3.63) is 30.1 Å². The van der Waals surface area contributed by atoms with Crippen molar-refractivity contribution in [2.24, 2.45) is 47.3 Å². The lowest BCUT2D eigenvalue weighted by Gasteiger charge is -2.38. The zero-order chi connectivity index (χ0) is 70.9. The number of carbonyl (C=O) groups is 12. The van der Waals surface area contributed by atoms with Crippen molar-refractivity contribution in [1.29, 1.82) is 0 Å². The number of aliphatic hydroxyl groups is 1. The number of hydrogen-bond acceptors (Lipinski definition) is 16. The fourth-order valence-electron chi connectivity index (χ4n) is 13.3. The Morgan fingerprint density at radius 1 is 0.755 bits per heavy atom. The Morgan fingerprint density at radius 3 is 1.93 bits per heavy atom. The first-order chi connectivity index (χ1) is 44.0. The normalized spacial score (nSPS) is 26.4. The lowest BCUT2D eigenvalue weighted by atomic mass is 9.97. The van der Waals surface area contributed by atoms with Crippen molar-refractivity contribution in [3.63, 3.8) is 0 Å². The van der Waals surface area contributed by atoms with E-state index in [0.717, 1.165) is 4.90 Å². The van der Waals surface area contributed by atoms with Crippen LogP contribution >= 0.6 is 0 Å². The summed E-state index contributed by atoms with van der Waals surface area (Å²) in [6, 6.07) is -7.35. The number of aromatic nitrogens is 1. The van der Waals surface area contributed by atoms with E-state index in [9.17, 15) is 48.3 Å². The Morgan fingerprint density at radius 2 is 1.37 bits per heavy atom. The number of esters is 1. The van der Waals surface area contributed by atoms with Crippen molar-refractivity contribution in [1.82, 2.24) is 60.7 Å². The predicted molar refractivity (Wildman–Crippen MR) is 351 cm³/mol. The summed E-state index contributed by atoms with van der Waals surface area (Å²) in [7, 11) is 5.77.